The summed E-state index contributed by atoms with van der Waals surface area (Å²) in [6, 6.07) is 15.9. The number of hydrogen-bond acceptors (Lipinski definition) is 4. The third kappa shape index (κ3) is 5.09. The number of carbonyl (C=O) groups excluding carboxylic acids is 1. The molecule has 7 heteroatoms. The maximum Gasteiger partial charge on any atom is 0.307 e. The molecule has 3 rings (SSSR count). The summed E-state index contributed by atoms with van der Waals surface area (Å²) in [4.78, 5) is 26.0. The second kappa shape index (κ2) is 8.70. The molecule has 0 bridgehead atoms. The molecule has 0 atom stereocenters. The number of hydrogen-bond donors (Lipinski definition) is 1. The zero-order valence-corrected chi connectivity index (χ0v) is 17.3. The Bertz CT molecular complexity index is 947. The summed E-state index contributed by atoms with van der Waals surface area (Å²) in [7, 11) is 0. The molecular weight excluding hydrogens is 432 g/mol. The fourth-order valence-electron chi connectivity index (χ4n) is 2.36. The Morgan fingerprint density at radius 3 is 2.31 bits per heavy atom. The summed E-state index contributed by atoms with van der Waals surface area (Å²) in [5, 5.41) is 4.68. The number of aryl methyl sites for hydroxylation is 1. The van der Waals surface area contributed by atoms with Crippen LogP contribution in [0.25, 0.3) is 0 Å². The third-order valence-electron chi connectivity index (χ3n) is 3.73. The zero-order valence-electron chi connectivity index (χ0n) is 14.1. The Kier molecular flexibility index (Phi) is 6.34. The summed E-state index contributed by atoms with van der Waals surface area (Å²) >= 11 is 6.25. The second-order valence-corrected chi connectivity index (χ2v) is 8.56. The van der Waals surface area contributed by atoms with E-state index in [2.05, 4.69) is 33.4 Å². The minimum Gasteiger partial charge on any atom is -0.326 e. The first-order valence-electron chi connectivity index (χ1n) is 7.99. The van der Waals surface area contributed by atoms with Crippen LogP contribution < -0.4 is 10.2 Å². The molecule has 4 nitrogen and oxygen atoms in total. The highest BCUT2D eigenvalue weighted by molar-refractivity contribution is 9.10. The van der Waals surface area contributed by atoms with Gasteiger partial charge < -0.3 is 9.88 Å². The van der Waals surface area contributed by atoms with Crippen LogP contribution in [0.1, 0.15) is 12.1 Å². The molecule has 1 N–H and O–H groups in total. The van der Waals surface area contributed by atoms with E-state index in [0.29, 0.717) is 6.54 Å². The topological polar surface area (TPSA) is 51.1 Å². The van der Waals surface area contributed by atoms with Crippen molar-refractivity contribution in [2.75, 3.05) is 5.32 Å². The van der Waals surface area contributed by atoms with Gasteiger partial charge in [-0.2, -0.15) is 0 Å². The van der Waals surface area contributed by atoms with Crippen LogP contribution in [0.5, 0.6) is 0 Å². The highest BCUT2D eigenvalue weighted by Gasteiger charge is 2.07. The molecule has 3 aromatic rings. The van der Waals surface area contributed by atoms with Crippen LogP contribution in [0.2, 0.25) is 0 Å². The summed E-state index contributed by atoms with van der Waals surface area (Å²) < 4.78 is 2.68. The predicted molar refractivity (Wildman–Crippen MR) is 111 cm³/mol. The monoisotopic (exact) mass is 448 g/mol. The van der Waals surface area contributed by atoms with E-state index in [-0.39, 0.29) is 17.2 Å². The molecule has 0 fully saturated rings. The quantitative estimate of drug-likeness (QED) is 0.566. The standard InChI is InChI=1S/C19H17BrN2O2S2/c1-13-12-25-19(24)22(13)11-10-18(23)21-15-4-8-17(9-5-15)26-16-6-2-14(20)3-7-16/h2-9,12H,10-11H2,1H3,(H,21,23). The van der Waals surface area contributed by atoms with Gasteiger partial charge in [0.15, 0.2) is 0 Å². The van der Waals surface area contributed by atoms with Crippen LogP contribution in [0.15, 0.2) is 73.0 Å². The number of amides is 1. The molecule has 0 saturated heterocycles. The number of carbonyl (C=O) groups is 1. The van der Waals surface area contributed by atoms with Crippen LogP contribution in [0.4, 0.5) is 5.69 Å². The Balaban J connectivity index is 1.54. The van der Waals surface area contributed by atoms with E-state index in [1.165, 1.54) is 0 Å². The van der Waals surface area contributed by atoms with E-state index in [1.807, 2.05) is 48.7 Å². The van der Waals surface area contributed by atoms with E-state index < -0.39 is 0 Å². The Morgan fingerprint density at radius 2 is 1.73 bits per heavy atom. The van der Waals surface area contributed by atoms with Crippen LogP contribution in [0.3, 0.4) is 0 Å². The molecule has 0 aliphatic carbocycles. The van der Waals surface area contributed by atoms with Crippen molar-refractivity contribution in [3.8, 4) is 0 Å². The maximum atomic E-state index is 12.1. The van der Waals surface area contributed by atoms with Gasteiger partial charge in [0, 0.05) is 44.0 Å². The lowest BCUT2D eigenvalue weighted by Crippen LogP contribution is -2.20. The van der Waals surface area contributed by atoms with Crippen molar-refractivity contribution in [3.63, 3.8) is 0 Å². The van der Waals surface area contributed by atoms with Gasteiger partial charge in [-0.1, -0.05) is 39.0 Å². The summed E-state index contributed by atoms with van der Waals surface area (Å²) in [5.41, 5.74) is 1.65. The van der Waals surface area contributed by atoms with Crippen molar-refractivity contribution in [2.45, 2.75) is 29.7 Å². The number of nitrogens with one attached hydrogen (secondary N) is 1. The minimum absolute atomic E-state index is 0.0235. The molecule has 0 saturated carbocycles. The maximum absolute atomic E-state index is 12.1. The van der Waals surface area contributed by atoms with Gasteiger partial charge in [-0.05, 0) is 55.5 Å². The highest BCUT2D eigenvalue weighted by atomic mass is 79.9. The first kappa shape index (κ1) is 18.9. The molecule has 2 aromatic carbocycles. The van der Waals surface area contributed by atoms with E-state index in [4.69, 9.17) is 0 Å². The molecule has 1 aromatic heterocycles. The van der Waals surface area contributed by atoms with Crippen molar-refractivity contribution < 1.29 is 4.79 Å². The first-order valence-corrected chi connectivity index (χ1v) is 10.5. The van der Waals surface area contributed by atoms with Gasteiger partial charge in [-0.25, -0.2) is 0 Å². The van der Waals surface area contributed by atoms with E-state index in [0.717, 1.165) is 37.0 Å². The molecule has 134 valence electrons. The summed E-state index contributed by atoms with van der Waals surface area (Å²) in [6.45, 7) is 2.27. The van der Waals surface area contributed by atoms with Gasteiger partial charge in [-0.15, -0.1) is 0 Å². The number of halogens is 1. The molecule has 1 amide bonds. The van der Waals surface area contributed by atoms with E-state index in [1.54, 1.807) is 16.3 Å². The molecule has 1 heterocycles. The fraction of sp³-hybridized carbons (Fsp3) is 0.158. The van der Waals surface area contributed by atoms with Gasteiger partial charge in [0.1, 0.15) is 0 Å². The van der Waals surface area contributed by atoms with Gasteiger partial charge in [0.05, 0.1) is 0 Å². The number of anilines is 1. The number of thiazole rings is 1. The summed E-state index contributed by atoms with van der Waals surface area (Å²) in [5.74, 6) is -0.101. The molecule has 0 aliphatic heterocycles. The van der Waals surface area contributed by atoms with Crippen molar-refractivity contribution in [1.29, 1.82) is 0 Å². The van der Waals surface area contributed by atoms with Crippen molar-refractivity contribution in [1.82, 2.24) is 4.57 Å². The SMILES string of the molecule is Cc1csc(=O)n1CCC(=O)Nc1ccc(Sc2ccc(Br)cc2)cc1. The molecular formula is C19H17BrN2O2S2. The Labute approximate surface area is 168 Å². The predicted octanol–water partition coefficient (Wildman–Crippen LogP) is 5.16. The van der Waals surface area contributed by atoms with Crippen LogP contribution >= 0.6 is 39.0 Å². The number of nitrogens with zero attached hydrogens (tertiary/aromatic N) is 1. The molecule has 26 heavy (non-hydrogen) atoms. The van der Waals surface area contributed by atoms with Gasteiger partial charge in [0.25, 0.3) is 0 Å². The number of benzene rings is 2. The largest absolute Gasteiger partial charge is 0.326 e. The lowest BCUT2D eigenvalue weighted by molar-refractivity contribution is -0.116. The molecule has 0 aliphatic rings. The second-order valence-electron chi connectivity index (χ2n) is 5.67. The molecule has 0 spiro atoms. The summed E-state index contributed by atoms with van der Waals surface area (Å²) in [6.07, 6.45) is 0.271. The highest BCUT2D eigenvalue weighted by Crippen LogP contribution is 2.29. The number of aromatic nitrogens is 1. The smallest absolute Gasteiger partial charge is 0.307 e. The van der Waals surface area contributed by atoms with Crippen LogP contribution in [0, 0.1) is 6.92 Å². The van der Waals surface area contributed by atoms with E-state index in [9.17, 15) is 9.59 Å². The van der Waals surface area contributed by atoms with Crippen molar-refractivity contribution in [2.24, 2.45) is 0 Å². The fourth-order valence-corrected chi connectivity index (χ4v) is 4.20. The zero-order chi connectivity index (χ0) is 18.5. The Morgan fingerprint density at radius 1 is 1.12 bits per heavy atom. The average molecular weight is 449 g/mol. The number of rotatable bonds is 6. The third-order valence-corrected chi connectivity index (χ3v) is 6.15. The van der Waals surface area contributed by atoms with Crippen molar-refractivity contribution >= 4 is 50.6 Å². The lowest BCUT2D eigenvalue weighted by Gasteiger charge is -2.08. The van der Waals surface area contributed by atoms with Crippen LogP contribution in [-0.2, 0) is 11.3 Å². The lowest BCUT2D eigenvalue weighted by atomic mass is 10.3. The van der Waals surface area contributed by atoms with Crippen LogP contribution in [-0.4, -0.2) is 10.5 Å². The first-order chi connectivity index (χ1) is 12.5. The van der Waals surface area contributed by atoms with Gasteiger partial charge >= 0.3 is 4.87 Å². The van der Waals surface area contributed by atoms with Gasteiger partial charge in [0.2, 0.25) is 5.91 Å². The molecule has 0 radical (unpaired) electrons. The minimum atomic E-state index is -0.101. The average Bonchev–Trinajstić information content (AvgIpc) is 2.95. The van der Waals surface area contributed by atoms with E-state index >= 15 is 0 Å². The molecule has 0 unspecified atom stereocenters. The normalized spacial score (nSPS) is 10.7. The van der Waals surface area contributed by atoms with Crippen molar-refractivity contribution in [3.05, 3.63) is 73.7 Å². The van der Waals surface area contributed by atoms with Gasteiger partial charge in [-0.3, -0.25) is 9.59 Å². The Hall–Kier alpha value is -1.83.